The van der Waals surface area contributed by atoms with Crippen LogP contribution in [0.25, 0.3) is 0 Å². The molecule has 1 aromatic carbocycles. The number of rotatable bonds is 10. The Hall–Kier alpha value is -2.14. The number of hydrogen-bond acceptors (Lipinski definition) is 3. The van der Waals surface area contributed by atoms with Crippen molar-refractivity contribution in [3.8, 4) is 0 Å². The lowest BCUT2D eigenvalue weighted by molar-refractivity contribution is -0.128. The third kappa shape index (κ3) is 5.08. The van der Waals surface area contributed by atoms with E-state index < -0.39 is 5.97 Å². The summed E-state index contributed by atoms with van der Waals surface area (Å²) in [6, 6.07) is 6.94. The van der Waals surface area contributed by atoms with Crippen LogP contribution in [0.4, 0.5) is 0 Å². The van der Waals surface area contributed by atoms with Crippen LogP contribution in [-0.2, 0) is 11.2 Å². The molecule has 0 radical (unpaired) electrons. The number of carbonyl (C=O) groups is 2. The van der Waals surface area contributed by atoms with Crippen LogP contribution < -0.4 is 0 Å². The molecule has 158 valence electrons. The van der Waals surface area contributed by atoms with E-state index in [1.54, 1.807) is 12.1 Å². The van der Waals surface area contributed by atoms with Crippen molar-refractivity contribution < 1.29 is 19.8 Å². The summed E-state index contributed by atoms with van der Waals surface area (Å²) in [5.41, 5.74) is 1.42. The van der Waals surface area contributed by atoms with Gasteiger partial charge in [0.25, 0.3) is 0 Å². The van der Waals surface area contributed by atoms with Crippen molar-refractivity contribution in [3.05, 3.63) is 47.5 Å². The minimum atomic E-state index is -0.929. The maximum Gasteiger partial charge on any atom is 0.335 e. The molecule has 1 aliphatic heterocycles. The predicted molar refractivity (Wildman–Crippen MR) is 113 cm³/mol. The predicted octanol–water partition coefficient (Wildman–Crippen LogP) is 4.20. The number of aromatic carboxylic acids is 1. The monoisotopic (exact) mass is 399 g/mol. The Morgan fingerprint density at radius 2 is 2.03 bits per heavy atom. The molecule has 5 heteroatoms. The molecule has 2 aliphatic rings. The highest BCUT2D eigenvalue weighted by Gasteiger charge is 2.41. The number of amides is 1. The summed E-state index contributed by atoms with van der Waals surface area (Å²) in [5, 5.41) is 19.7. The van der Waals surface area contributed by atoms with Crippen LogP contribution >= 0.6 is 0 Å². The zero-order chi connectivity index (χ0) is 20.9. The highest BCUT2D eigenvalue weighted by atomic mass is 16.4. The molecule has 2 atom stereocenters. The van der Waals surface area contributed by atoms with Crippen molar-refractivity contribution in [2.75, 3.05) is 6.54 Å². The van der Waals surface area contributed by atoms with Crippen LogP contribution in [0.15, 0.2) is 36.4 Å². The largest absolute Gasteiger partial charge is 0.478 e. The Morgan fingerprint density at radius 3 is 2.62 bits per heavy atom. The second-order valence-corrected chi connectivity index (χ2v) is 8.59. The van der Waals surface area contributed by atoms with Gasteiger partial charge in [-0.2, -0.15) is 0 Å². The molecule has 0 aromatic heterocycles. The fraction of sp³-hybridized carbons (Fsp3) is 0.583. The minimum absolute atomic E-state index is 0.0940. The highest BCUT2D eigenvalue weighted by Crippen LogP contribution is 2.48. The van der Waals surface area contributed by atoms with Crippen molar-refractivity contribution in [3.63, 3.8) is 0 Å². The number of carboxylic acids is 1. The van der Waals surface area contributed by atoms with Crippen molar-refractivity contribution >= 4 is 11.9 Å². The Bertz CT molecular complexity index is 736. The molecular weight excluding hydrogens is 366 g/mol. The van der Waals surface area contributed by atoms with Gasteiger partial charge in [-0.25, -0.2) is 4.79 Å². The van der Waals surface area contributed by atoms with E-state index in [4.69, 9.17) is 5.11 Å². The summed E-state index contributed by atoms with van der Waals surface area (Å²) < 4.78 is 0. The number of likely N-dealkylation sites (tertiary alicyclic amines) is 1. The van der Waals surface area contributed by atoms with E-state index in [1.165, 1.54) is 6.42 Å². The topological polar surface area (TPSA) is 77.8 Å². The first-order valence-corrected chi connectivity index (χ1v) is 10.9. The Kier molecular flexibility index (Phi) is 7.12. The lowest BCUT2D eigenvalue weighted by Crippen LogP contribution is -2.41. The summed E-state index contributed by atoms with van der Waals surface area (Å²) in [6.45, 7) is 2.81. The van der Waals surface area contributed by atoms with Gasteiger partial charge in [0.2, 0.25) is 5.91 Å². The molecule has 2 unspecified atom stereocenters. The Morgan fingerprint density at radius 1 is 1.31 bits per heavy atom. The zero-order valence-corrected chi connectivity index (χ0v) is 17.3. The van der Waals surface area contributed by atoms with E-state index in [9.17, 15) is 14.7 Å². The maximum atomic E-state index is 12.3. The first kappa shape index (κ1) is 21.6. The number of aliphatic hydroxyl groups is 1. The zero-order valence-electron chi connectivity index (χ0n) is 17.3. The van der Waals surface area contributed by atoms with Crippen molar-refractivity contribution in [1.82, 2.24) is 4.90 Å². The number of hydrogen-bond donors (Lipinski definition) is 2. The van der Waals surface area contributed by atoms with Gasteiger partial charge >= 0.3 is 5.97 Å². The molecule has 1 aliphatic carbocycles. The van der Waals surface area contributed by atoms with Gasteiger partial charge in [-0.05, 0) is 61.6 Å². The average Bonchev–Trinajstić information content (AvgIpc) is 3.02. The SMILES string of the molecule is CCCC1(C(O)CC=CC2CCC(=O)N2CCc2ccc(C(=O)O)cc2)CCC1. The van der Waals surface area contributed by atoms with Gasteiger partial charge in [0, 0.05) is 13.0 Å². The molecule has 1 amide bonds. The fourth-order valence-corrected chi connectivity index (χ4v) is 4.80. The second kappa shape index (κ2) is 9.57. The molecule has 1 saturated heterocycles. The molecule has 0 spiro atoms. The van der Waals surface area contributed by atoms with Gasteiger partial charge in [-0.3, -0.25) is 4.79 Å². The van der Waals surface area contributed by atoms with Crippen LogP contribution in [0.3, 0.4) is 0 Å². The van der Waals surface area contributed by atoms with E-state index in [1.807, 2.05) is 17.0 Å². The van der Waals surface area contributed by atoms with Crippen LogP contribution in [0.1, 0.15) is 74.2 Å². The Balaban J connectivity index is 1.53. The van der Waals surface area contributed by atoms with Crippen molar-refractivity contribution in [1.29, 1.82) is 0 Å². The molecular formula is C24H33NO4. The van der Waals surface area contributed by atoms with E-state index in [2.05, 4.69) is 19.1 Å². The normalized spacial score (nSPS) is 22.1. The molecule has 1 heterocycles. The quantitative estimate of drug-likeness (QED) is 0.578. The molecule has 1 saturated carbocycles. The number of carboxylic acid groups (broad SMARTS) is 1. The smallest absolute Gasteiger partial charge is 0.335 e. The van der Waals surface area contributed by atoms with Crippen LogP contribution in [-0.4, -0.2) is 45.7 Å². The van der Waals surface area contributed by atoms with Crippen molar-refractivity contribution in [2.24, 2.45) is 5.41 Å². The van der Waals surface area contributed by atoms with E-state index in [-0.39, 0.29) is 29.0 Å². The number of nitrogens with zero attached hydrogens (tertiary/aromatic N) is 1. The van der Waals surface area contributed by atoms with Gasteiger partial charge in [0.05, 0.1) is 17.7 Å². The van der Waals surface area contributed by atoms with E-state index in [0.29, 0.717) is 25.8 Å². The second-order valence-electron chi connectivity index (χ2n) is 8.59. The van der Waals surface area contributed by atoms with Crippen LogP contribution in [0, 0.1) is 5.41 Å². The molecule has 5 nitrogen and oxygen atoms in total. The van der Waals surface area contributed by atoms with Crippen LogP contribution in [0.2, 0.25) is 0 Å². The summed E-state index contributed by atoms with van der Waals surface area (Å²) in [5.74, 6) is -0.759. The maximum absolute atomic E-state index is 12.3. The number of carbonyl (C=O) groups excluding carboxylic acids is 1. The van der Waals surface area contributed by atoms with E-state index >= 15 is 0 Å². The third-order valence-electron chi connectivity index (χ3n) is 6.74. The Labute approximate surface area is 173 Å². The summed E-state index contributed by atoms with van der Waals surface area (Å²) in [7, 11) is 0. The highest BCUT2D eigenvalue weighted by molar-refractivity contribution is 5.87. The molecule has 1 aromatic rings. The lowest BCUT2D eigenvalue weighted by atomic mass is 9.62. The van der Waals surface area contributed by atoms with Gasteiger partial charge < -0.3 is 15.1 Å². The fourth-order valence-electron chi connectivity index (χ4n) is 4.80. The molecule has 3 rings (SSSR count). The molecule has 0 bridgehead atoms. The molecule has 2 N–H and O–H groups in total. The average molecular weight is 400 g/mol. The standard InChI is InChI=1S/C24H33NO4/c1-2-14-24(15-4-16-24)21(26)6-3-5-20-11-12-22(27)25(20)17-13-18-7-9-19(10-8-18)23(28)29/h3,5,7-10,20-21,26H,2,4,6,11-17H2,1H3,(H,28,29). The summed E-state index contributed by atoms with van der Waals surface area (Å²) >= 11 is 0. The number of benzene rings is 1. The van der Waals surface area contributed by atoms with Crippen LogP contribution in [0.5, 0.6) is 0 Å². The minimum Gasteiger partial charge on any atom is -0.478 e. The van der Waals surface area contributed by atoms with Gasteiger partial charge in [-0.15, -0.1) is 0 Å². The van der Waals surface area contributed by atoms with Crippen molar-refractivity contribution in [2.45, 2.75) is 76.9 Å². The first-order valence-electron chi connectivity index (χ1n) is 10.9. The lowest BCUT2D eigenvalue weighted by Gasteiger charge is -2.45. The molecule has 2 fully saturated rings. The third-order valence-corrected chi connectivity index (χ3v) is 6.74. The molecule has 29 heavy (non-hydrogen) atoms. The van der Waals surface area contributed by atoms with Gasteiger partial charge in [0.15, 0.2) is 0 Å². The van der Waals surface area contributed by atoms with Gasteiger partial charge in [0.1, 0.15) is 0 Å². The van der Waals surface area contributed by atoms with Gasteiger partial charge in [-0.1, -0.05) is 44.1 Å². The summed E-state index contributed by atoms with van der Waals surface area (Å²) in [6.07, 6.45) is 12.3. The number of aliphatic hydroxyl groups excluding tert-OH is 1. The first-order chi connectivity index (χ1) is 13.9. The summed E-state index contributed by atoms with van der Waals surface area (Å²) in [4.78, 5) is 25.2. The van der Waals surface area contributed by atoms with E-state index in [0.717, 1.165) is 37.7 Å².